The Kier molecular flexibility index (Phi) is 4.56. The summed E-state index contributed by atoms with van der Waals surface area (Å²) in [5, 5.41) is 6.17. The van der Waals surface area contributed by atoms with Gasteiger partial charge in [0, 0.05) is 13.1 Å². The topological polar surface area (TPSA) is 50.4 Å². The number of carbonyl (C=O) groups is 1. The third kappa shape index (κ3) is 3.55. The van der Waals surface area contributed by atoms with Gasteiger partial charge in [-0.3, -0.25) is 4.79 Å². The molecule has 0 aliphatic carbocycles. The van der Waals surface area contributed by atoms with E-state index in [1.54, 1.807) is 0 Å². The Bertz CT molecular complexity index is 459. The lowest BCUT2D eigenvalue weighted by Gasteiger charge is -2.29. The Balaban J connectivity index is 1.92. The second kappa shape index (κ2) is 6.17. The van der Waals surface area contributed by atoms with Crippen molar-refractivity contribution in [2.75, 3.05) is 13.2 Å². The molecule has 0 bridgehead atoms. The van der Waals surface area contributed by atoms with Crippen LogP contribution in [0.4, 0.5) is 0 Å². The van der Waals surface area contributed by atoms with E-state index in [1.807, 2.05) is 6.92 Å². The molecule has 19 heavy (non-hydrogen) atoms. The Hall–Kier alpha value is -1.39. The monoisotopic (exact) mass is 262 g/mol. The maximum atomic E-state index is 12.1. The number of amides is 1. The van der Waals surface area contributed by atoms with Crippen LogP contribution in [0.3, 0.4) is 0 Å². The van der Waals surface area contributed by atoms with E-state index in [-0.39, 0.29) is 18.1 Å². The fourth-order valence-electron chi connectivity index (χ4n) is 2.36. The van der Waals surface area contributed by atoms with Crippen LogP contribution < -0.4 is 10.6 Å². The van der Waals surface area contributed by atoms with Crippen LogP contribution in [0.5, 0.6) is 0 Å². The minimum absolute atomic E-state index is 0.00664. The molecule has 0 spiro atoms. The van der Waals surface area contributed by atoms with Gasteiger partial charge in [0.1, 0.15) is 6.04 Å². The molecule has 4 heteroatoms. The summed E-state index contributed by atoms with van der Waals surface area (Å²) in [5.74, 6) is 0.00664. The molecule has 2 N–H and O–H groups in total. The van der Waals surface area contributed by atoms with Gasteiger partial charge in [-0.1, -0.05) is 23.8 Å². The van der Waals surface area contributed by atoms with Crippen molar-refractivity contribution in [3.63, 3.8) is 0 Å². The third-order valence-corrected chi connectivity index (χ3v) is 3.55. The molecule has 1 aromatic carbocycles. The second-order valence-corrected chi connectivity index (χ2v) is 5.16. The zero-order valence-electron chi connectivity index (χ0n) is 11.8. The highest BCUT2D eigenvalue weighted by molar-refractivity contribution is 5.82. The lowest BCUT2D eigenvalue weighted by Crippen LogP contribution is -2.55. The van der Waals surface area contributed by atoms with E-state index in [0.29, 0.717) is 13.2 Å². The lowest BCUT2D eigenvalue weighted by molar-refractivity contribution is -0.129. The molecule has 2 rings (SSSR count). The molecule has 0 aromatic heterocycles. The highest BCUT2D eigenvalue weighted by atomic mass is 16.5. The second-order valence-electron chi connectivity index (χ2n) is 5.16. The summed E-state index contributed by atoms with van der Waals surface area (Å²) in [7, 11) is 0. The van der Waals surface area contributed by atoms with Crippen LogP contribution in [0.25, 0.3) is 0 Å². The van der Waals surface area contributed by atoms with Gasteiger partial charge < -0.3 is 15.4 Å². The normalized spacial score (nSPS) is 23.1. The molecule has 1 aliphatic heterocycles. The first-order chi connectivity index (χ1) is 9.08. The molecule has 4 nitrogen and oxygen atoms in total. The molecule has 1 fully saturated rings. The summed E-state index contributed by atoms with van der Waals surface area (Å²) >= 11 is 0. The fourth-order valence-corrected chi connectivity index (χ4v) is 2.36. The SMILES string of the molecule is Cc1ccc(CNC(=O)[C@H]2NCCO[C@@H]2C)c(C)c1. The number of aryl methyl sites for hydroxylation is 2. The number of hydrogen-bond donors (Lipinski definition) is 2. The summed E-state index contributed by atoms with van der Waals surface area (Å²) in [4.78, 5) is 12.1. The van der Waals surface area contributed by atoms with Gasteiger partial charge in [-0.25, -0.2) is 0 Å². The average molecular weight is 262 g/mol. The van der Waals surface area contributed by atoms with Gasteiger partial charge in [-0.15, -0.1) is 0 Å². The van der Waals surface area contributed by atoms with Crippen molar-refractivity contribution >= 4 is 5.91 Å². The van der Waals surface area contributed by atoms with Gasteiger partial charge in [0.2, 0.25) is 5.91 Å². The average Bonchev–Trinajstić information content (AvgIpc) is 2.38. The zero-order chi connectivity index (χ0) is 13.8. The van der Waals surface area contributed by atoms with Crippen molar-refractivity contribution in [1.82, 2.24) is 10.6 Å². The molecule has 104 valence electrons. The smallest absolute Gasteiger partial charge is 0.240 e. The molecule has 1 aliphatic rings. The Morgan fingerprint density at radius 1 is 1.47 bits per heavy atom. The van der Waals surface area contributed by atoms with Gasteiger partial charge >= 0.3 is 0 Å². The highest BCUT2D eigenvalue weighted by Crippen LogP contribution is 2.10. The number of benzene rings is 1. The molecule has 0 unspecified atom stereocenters. The molecule has 1 heterocycles. The first-order valence-electron chi connectivity index (χ1n) is 6.77. The van der Waals surface area contributed by atoms with Crippen molar-refractivity contribution in [2.24, 2.45) is 0 Å². The van der Waals surface area contributed by atoms with E-state index in [9.17, 15) is 4.79 Å². The van der Waals surface area contributed by atoms with Crippen LogP contribution in [0.1, 0.15) is 23.6 Å². The van der Waals surface area contributed by atoms with E-state index in [4.69, 9.17) is 4.74 Å². The van der Waals surface area contributed by atoms with Gasteiger partial charge in [-0.05, 0) is 31.9 Å². The molecule has 0 saturated carbocycles. The number of carbonyl (C=O) groups excluding carboxylic acids is 1. The quantitative estimate of drug-likeness (QED) is 0.863. The van der Waals surface area contributed by atoms with Gasteiger partial charge in [0.05, 0.1) is 12.7 Å². The van der Waals surface area contributed by atoms with Crippen molar-refractivity contribution < 1.29 is 9.53 Å². The van der Waals surface area contributed by atoms with Crippen molar-refractivity contribution in [3.05, 3.63) is 34.9 Å². The Labute approximate surface area is 114 Å². The van der Waals surface area contributed by atoms with Crippen LogP contribution >= 0.6 is 0 Å². The first-order valence-corrected chi connectivity index (χ1v) is 6.77. The summed E-state index contributed by atoms with van der Waals surface area (Å²) in [6.07, 6.45) is -0.0761. The molecular formula is C15H22N2O2. The van der Waals surface area contributed by atoms with Gasteiger partial charge in [0.25, 0.3) is 0 Å². The minimum atomic E-state index is -0.250. The number of hydrogen-bond acceptors (Lipinski definition) is 3. The standard InChI is InChI=1S/C15H22N2O2/c1-10-4-5-13(11(2)8-10)9-17-15(18)14-12(3)19-7-6-16-14/h4-5,8,12,14,16H,6-7,9H2,1-3H3,(H,17,18)/t12-,14+/m1/s1. The van der Waals surface area contributed by atoms with Crippen LogP contribution in [-0.4, -0.2) is 31.2 Å². The van der Waals surface area contributed by atoms with Crippen LogP contribution in [-0.2, 0) is 16.1 Å². The van der Waals surface area contributed by atoms with Crippen LogP contribution in [0.2, 0.25) is 0 Å². The third-order valence-electron chi connectivity index (χ3n) is 3.55. The summed E-state index contributed by atoms with van der Waals surface area (Å²) in [5.41, 5.74) is 3.60. The fraction of sp³-hybridized carbons (Fsp3) is 0.533. The summed E-state index contributed by atoms with van der Waals surface area (Å²) in [6.45, 7) is 8.02. The number of ether oxygens (including phenoxy) is 1. The minimum Gasteiger partial charge on any atom is -0.375 e. The Morgan fingerprint density at radius 3 is 2.95 bits per heavy atom. The molecule has 0 radical (unpaired) electrons. The molecule has 1 aromatic rings. The van der Waals surface area contributed by atoms with Crippen LogP contribution in [0, 0.1) is 13.8 Å². The number of rotatable bonds is 3. The van der Waals surface area contributed by atoms with Crippen molar-refractivity contribution in [2.45, 2.75) is 39.5 Å². The molecule has 1 amide bonds. The highest BCUT2D eigenvalue weighted by Gasteiger charge is 2.27. The van der Waals surface area contributed by atoms with Crippen molar-refractivity contribution in [3.8, 4) is 0 Å². The largest absolute Gasteiger partial charge is 0.375 e. The number of morpholine rings is 1. The summed E-state index contributed by atoms with van der Waals surface area (Å²) < 4.78 is 5.48. The molecule has 1 saturated heterocycles. The Morgan fingerprint density at radius 2 is 2.26 bits per heavy atom. The first kappa shape index (κ1) is 14.0. The van der Waals surface area contributed by atoms with Crippen molar-refractivity contribution in [1.29, 1.82) is 0 Å². The van der Waals surface area contributed by atoms with Gasteiger partial charge in [0.15, 0.2) is 0 Å². The lowest BCUT2D eigenvalue weighted by atomic mass is 10.1. The van der Waals surface area contributed by atoms with E-state index in [1.165, 1.54) is 11.1 Å². The van der Waals surface area contributed by atoms with E-state index >= 15 is 0 Å². The van der Waals surface area contributed by atoms with E-state index in [2.05, 4.69) is 42.7 Å². The predicted octanol–water partition coefficient (Wildman–Crippen LogP) is 1.30. The van der Waals surface area contributed by atoms with Gasteiger partial charge in [-0.2, -0.15) is 0 Å². The maximum absolute atomic E-state index is 12.1. The zero-order valence-corrected chi connectivity index (χ0v) is 11.8. The predicted molar refractivity (Wildman–Crippen MR) is 75.0 cm³/mol. The van der Waals surface area contributed by atoms with E-state index in [0.717, 1.165) is 12.1 Å². The molecule has 2 atom stereocenters. The summed E-state index contributed by atoms with van der Waals surface area (Å²) in [6, 6.07) is 6.02. The molecular weight excluding hydrogens is 240 g/mol. The van der Waals surface area contributed by atoms with Crippen LogP contribution in [0.15, 0.2) is 18.2 Å². The van der Waals surface area contributed by atoms with E-state index < -0.39 is 0 Å². The number of nitrogens with one attached hydrogen (secondary N) is 2. The maximum Gasteiger partial charge on any atom is 0.240 e.